The highest BCUT2D eigenvalue weighted by atomic mass is 32.2. The van der Waals surface area contributed by atoms with E-state index in [1.807, 2.05) is 141 Å². The molecule has 0 bridgehead atoms. The SMILES string of the molecule is CC(C)(C)CC1C(=O)Nc2ccccc2N1C(=O)c1ccc2c(c1)OCO2.CCC1C(=O)Nc2ccccc2N1C(=O)Cc1ccccc1.CSCCC1C(=O)Nc2ccccc2N1C(=O)Cc1ccc2ccccc2c1. The number of para-hydroxylation sites is 6. The van der Waals surface area contributed by atoms with Gasteiger partial charge in [0.25, 0.3) is 5.91 Å². The summed E-state index contributed by atoms with van der Waals surface area (Å²) in [6.45, 7) is 8.24. The first-order valence-electron chi connectivity index (χ1n) is 25.8. The van der Waals surface area contributed by atoms with E-state index in [9.17, 15) is 28.8 Å². The molecule has 11 rings (SSSR count). The van der Waals surface area contributed by atoms with Gasteiger partial charge in [0, 0.05) is 5.56 Å². The van der Waals surface area contributed by atoms with Crippen molar-refractivity contribution in [2.24, 2.45) is 5.41 Å². The molecule has 0 radical (unpaired) electrons. The molecule has 4 aliphatic rings. The zero-order valence-corrected chi connectivity index (χ0v) is 44.6. The maximum atomic E-state index is 13.5. The Morgan fingerprint density at radius 2 is 1.05 bits per heavy atom. The Balaban J connectivity index is 0.000000142. The van der Waals surface area contributed by atoms with E-state index in [0.717, 1.165) is 39.0 Å². The maximum absolute atomic E-state index is 13.5. The standard InChI is InChI=1S/C23H22N2O2S.C21H22N2O4.C18H18N2O2/c1-28-13-12-21-23(27)24-19-8-4-5-9-20(19)25(21)22(26)15-16-10-11-17-6-2-3-7-18(17)14-16;1-21(2,3)11-16-19(24)22-14-6-4-5-7-15(14)23(16)20(25)13-8-9-17-18(10-13)27-12-26-17;1-2-15-18(22)19-14-10-6-7-11-16(14)20(15)17(21)12-13-8-4-3-5-9-13/h2-11,14,21H,12-13,15H2,1H3,(H,24,27);4-10,16H,11-12H2,1-3H3,(H,22,24);3-11,15H,2,12H2,1H3,(H,19,22). The molecule has 7 aromatic rings. The summed E-state index contributed by atoms with van der Waals surface area (Å²) in [6.07, 6.45) is 4.33. The summed E-state index contributed by atoms with van der Waals surface area (Å²) >= 11 is 1.68. The van der Waals surface area contributed by atoms with Crippen LogP contribution in [0.1, 0.15) is 68.4 Å². The third-order valence-electron chi connectivity index (χ3n) is 13.6. The number of hydrogen-bond acceptors (Lipinski definition) is 9. The van der Waals surface area contributed by atoms with Crippen molar-refractivity contribution in [3.63, 3.8) is 0 Å². The molecule has 0 aliphatic carbocycles. The fourth-order valence-electron chi connectivity index (χ4n) is 9.99. The Bertz CT molecular complexity index is 3340. The van der Waals surface area contributed by atoms with Gasteiger partial charge in [-0.2, -0.15) is 11.8 Å². The van der Waals surface area contributed by atoms with Crippen molar-refractivity contribution in [3.8, 4) is 11.5 Å². The third-order valence-corrected chi connectivity index (χ3v) is 14.3. The van der Waals surface area contributed by atoms with Crippen LogP contribution in [-0.4, -0.2) is 72.4 Å². The molecule has 3 unspecified atom stereocenters. The Morgan fingerprint density at radius 1 is 0.545 bits per heavy atom. The molecule has 14 nitrogen and oxygen atoms in total. The number of ether oxygens (including phenoxy) is 2. The van der Waals surface area contributed by atoms with Crippen LogP contribution >= 0.6 is 11.8 Å². The first kappa shape index (κ1) is 53.4. The molecule has 3 atom stereocenters. The first-order chi connectivity index (χ1) is 37.2. The second-order valence-corrected chi connectivity index (χ2v) is 21.3. The average molecular weight is 1050 g/mol. The smallest absolute Gasteiger partial charge is 0.259 e. The van der Waals surface area contributed by atoms with Gasteiger partial charge in [0.05, 0.1) is 47.0 Å². The van der Waals surface area contributed by atoms with Gasteiger partial charge in [-0.1, -0.05) is 137 Å². The molecular formula is C62H62N6O8S. The number of amides is 6. The van der Waals surface area contributed by atoms with Crippen LogP contribution in [0.3, 0.4) is 0 Å². The molecule has 4 aliphatic heterocycles. The fraction of sp³-hybridized carbons (Fsp3) is 0.258. The van der Waals surface area contributed by atoms with Gasteiger partial charge >= 0.3 is 0 Å². The summed E-state index contributed by atoms with van der Waals surface area (Å²) in [5.41, 5.74) is 6.52. The summed E-state index contributed by atoms with van der Waals surface area (Å²) in [4.78, 5) is 82.3. The van der Waals surface area contributed by atoms with E-state index in [1.165, 1.54) is 0 Å². The molecule has 15 heteroatoms. The van der Waals surface area contributed by atoms with Crippen LogP contribution in [0, 0.1) is 5.41 Å². The lowest BCUT2D eigenvalue weighted by Gasteiger charge is -2.39. The van der Waals surface area contributed by atoms with Gasteiger partial charge in [-0.3, -0.25) is 43.5 Å². The molecule has 3 N–H and O–H groups in total. The molecule has 0 aromatic heterocycles. The molecule has 0 saturated carbocycles. The van der Waals surface area contributed by atoms with Crippen LogP contribution in [0.5, 0.6) is 11.5 Å². The minimum Gasteiger partial charge on any atom is -0.454 e. The number of anilines is 6. The Kier molecular flexibility index (Phi) is 16.4. The van der Waals surface area contributed by atoms with Gasteiger partial charge in [0.15, 0.2) is 11.5 Å². The molecule has 394 valence electrons. The number of thioether (sulfide) groups is 1. The van der Waals surface area contributed by atoms with Crippen LogP contribution in [-0.2, 0) is 36.8 Å². The van der Waals surface area contributed by atoms with Crippen molar-refractivity contribution in [2.75, 3.05) is 49.5 Å². The molecule has 0 spiro atoms. The molecule has 0 fully saturated rings. The summed E-state index contributed by atoms with van der Waals surface area (Å²) in [5, 5.41) is 11.0. The number of nitrogens with zero attached hydrogens (tertiary/aromatic N) is 3. The number of benzene rings is 7. The molecule has 4 heterocycles. The number of carbonyl (C=O) groups is 6. The average Bonchev–Trinajstić information content (AvgIpc) is 3.92. The number of hydrogen-bond donors (Lipinski definition) is 3. The van der Waals surface area contributed by atoms with Crippen LogP contribution < -0.4 is 40.1 Å². The number of carbonyl (C=O) groups excluding carboxylic acids is 6. The van der Waals surface area contributed by atoms with Crippen molar-refractivity contribution >= 4 is 92.1 Å². The largest absolute Gasteiger partial charge is 0.454 e. The summed E-state index contributed by atoms with van der Waals surface area (Å²) in [6, 6.07) is 49.7. The zero-order chi connectivity index (χ0) is 54.2. The molecule has 0 saturated heterocycles. The molecule has 77 heavy (non-hydrogen) atoms. The van der Waals surface area contributed by atoms with E-state index in [1.54, 1.807) is 50.7 Å². The second kappa shape index (κ2) is 23.6. The van der Waals surface area contributed by atoms with Crippen molar-refractivity contribution in [1.82, 2.24) is 0 Å². The van der Waals surface area contributed by atoms with E-state index in [-0.39, 0.29) is 54.1 Å². The number of nitrogens with one attached hydrogen (secondary N) is 3. The number of fused-ring (bicyclic) bond motifs is 5. The Morgan fingerprint density at radius 3 is 1.65 bits per heavy atom. The molecule has 6 amide bonds. The fourth-order valence-corrected chi connectivity index (χ4v) is 10.5. The van der Waals surface area contributed by atoms with E-state index in [4.69, 9.17) is 9.47 Å². The van der Waals surface area contributed by atoms with Gasteiger partial charge in [0.1, 0.15) is 18.1 Å². The van der Waals surface area contributed by atoms with Gasteiger partial charge < -0.3 is 25.4 Å². The van der Waals surface area contributed by atoms with E-state index in [0.29, 0.717) is 65.5 Å². The van der Waals surface area contributed by atoms with Crippen LogP contribution in [0.4, 0.5) is 34.1 Å². The van der Waals surface area contributed by atoms with Crippen molar-refractivity contribution in [1.29, 1.82) is 0 Å². The minimum atomic E-state index is -0.585. The van der Waals surface area contributed by atoms with E-state index >= 15 is 0 Å². The van der Waals surface area contributed by atoms with Crippen molar-refractivity contribution in [2.45, 2.75) is 77.9 Å². The van der Waals surface area contributed by atoms with Gasteiger partial charge in [-0.05, 0) is 113 Å². The summed E-state index contributed by atoms with van der Waals surface area (Å²) in [5.74, 6) is 1.24. The van der Waals surface area contributed by atoms with Gasteiger partial charge in [0.2, 0.25) is 36.3 Å². The van der Waals surface area contributed by atoms with Crippen LogP contribution in [0.25, 0.3) is 10.8 Å². The lowest BCUT2D eigenvalue weighted by atomic mass is 9.86. The predicted molar refractivity (Wildman–Crippen MR) is 306 cm³/mol. The van der Waals surface area contributed by atoms with Gasteiger partial charge in [-0.25, -0.2) is 0 Å². The minimum absolute atomic E-state index is 0.0521. The topological polar surface area (TPSA) is 167 Å². The van der Waals surface area contributed by atoms with Gasteiger partial charge in [-0.15, -0.1) is 0 Å². The monoisotopic (exact) mass is 1050 g/mol. The van der Waals surface area contributed by atoms with Crippen LogP contribution in [0.15, 0.2) is 164 Å². The lowest BCUT2D eigenvalue weighted by molar-refractivity contribution is -0.123. The normalized spacial score (nSPS) is 17.0. The van der Waals surface area contributed by atoms with E-state index < -0.39 is 18.1 Å². The molecule has 7 aromatic carbocycles. The maximum Gasteiger partial charge on any atom is 0.259 e. The predicted octanol–water partition coefficient (Wildman–Crippen LogP) is 11.3. The highest BCUT2D eigenvalue weighted by Gasteiger charge is 2.41. The Labute approximate surface area is 453 Å². The zero-order valence-electron chi connectivity index (χ0n) is 43.8. The van der Waals surface area contributed by atoms with Crippen molar-refractivity contribution in [3.05, 3.63) is 180 Å². The summed E-state index contributed by atoms with van der Waals surface area (Å²) in [7, 11) is 0. The highest BCUT2D eigenvalue weighted by Crippen LogP contribution is 2.40. The summed E-state index contributed by atoms with van der Waals surface area (Å²) < 4.78 is 10.7. The second-order valence-electron chi connectivity index (χ2n) is 20.3. The van der Waals surface area contributed by atoms with Crippen molar-refractivity contribution < 1.29 is 38.2 Å². The number of rotatable bonds is 10. The van der Waals surface area contributed by atoms with E-state index in [2.05, 4.69) is 48.9 Å². The highest BCUT2D eigenvalue weighted by molar-refractivity contribution is 7.98. The Hall–Kier alpha value is -8.43. The molecular weight excluding hydrogens is 989 g/mol. The third kappa shape index (κ3) is 12.2. The lowest BCUT2D eigenvalue weighted by Crippen LogP contribution is -2.52. The van der Waals surface area contributed by atoms with Crippen LogP contribution in [0.2, 0.25) is 0 Å². The first-order valence-corrected chi connectivity index (χ1v) is 27.2. The quantitative estimate of drug-likeness (QED) is 0.121.